The van der Waals surface area contributed by atoms with Gasteiger partial charge in [-0.3, -0.25) is 0 Å². The highest BCUT2D eigenvalue weighted by molar-refractivity contribution is 7.13. The van der Waals surface area contributed by atoms with Crippen LogP contribution in [-0.2, 0) is 6.54 Å². The second-order valence-corrected chi connectivity index (χ2v) is 5.94. The SMILES string of the molecule is CC(C)(C)NCc1cnc(-c2cccs2)nc1. The fourth-order valence-corrected chi connectivity index (χ4v) is 2.02. The van der Waals surface area contributed by atoms with E-state index >= 15 is 0 Å². The van der Waals surface area contributed by atoms with E-state index in [4.69, 9.17) is 0 Å². The lowest BCUT2D eigenvalue weighted by Gasteiger charge is -2.20. The molecule has 0 radical (unpaired) electrons. The average Bonchev–Trinajstić information content (AvgIpc) is 2.79. The molecule has 0 fully saturated rings. The van der Waals surface area contributed by atoms with Crippen LogP contribution in [0, 0.1) is 0 Å². The smallest absolute Gasteiger partial charge is 0.169 e. The minimum absolute atomic E-state index is 0.117. The number of hydrogen-bond acceptors (Lipinski definition) is 4. The van der Waals surface area contributed by atoms with Gasteiger partial charge in [0.15, 0.2) is 5.82 Å². The predicted molar refractivity (Wildman–Crippen MR) is 71.9 cm³/mol. The van der Waals surface area contributed by atoms with Crippen LogP contribution in [0.4, 0.5) is 0 Å². The molecule has 0 bridgehead atoms. The lowest BCUT2D eigenvalue weighted by atomic mass is 10.1. The number of thiophene rings is 1. The number of nitrogens with zero attached hydrogens (tertiary/aromatic N) is 2. The van der Waals surface area contributed by atoms with Crippen LogP contribution in [-0.4, -0.2) is 15.5 Å². The first kappa shape index (κ1) is 12.2. The summed E-state index contributed by atoms with van der Waals surface area (Å²) in [6, 6.07) is 4.05. The highest BCUT2D eigenvalue weighted by Gasteiger charge is 2.09. The van der Waals surface area contributed by atoms with Gasteiger partial charge in [0.2, 0.25) is 0 Å². The lowest BCUT2D eigenvalue weighted by Crippen LogP contribution is -2.35. The molecule has 0 saturated heterocycles. The molecular formula is C13H17N3S. The van der Waals surface area contributed by atoms with Crippen molar-refractivity contribution in [1.29, 1.82) is 0 Å². The Labute approximate surface area is 106 Å². The molecule has 0 aromatic carbocycles. The maximum Gasteiger partial charge on any atom is 0.169 e. The summed E-state index contributed by atoms with van der Waals surface area (Å²) in [5.74, 6) is 0.805. The predicted octanol–water partition coefficient (Wildman–Crippen LogP) is 3.09. The molecule has 4 heteroatoms. The Balaban J connectivity index is 2.04. The summed E-state index contributed by atoms with van der Waals surface area (Å²) in [5.41, 5.74) is 1.23. The van der Waals surface area contributed by atoms with Crippen molar-refractivity contribution in [2.45, 2.75) is 32.9 Å². The van der Waals surface area contributed by atoms with Crippen LogP contribution < -0.4 is 5.32 Å². The zero-order valence-corrected chi connectivity index (χ0v) is 11.2. The zero-order chi connectivity index (χ0) is 12.3. The summed E-state index contributed by atoms with van der Waals surface area (Å²) in [7, 11) is 0. The van der Waals surface area contributed by atoms with Gasteiger partial charge in [0, 0.05) is 30.0 Å². The van der Waals surface area contributed by atoms with Crippen molar-refractivity contribution in [3.05, 3.63) is 35.5 Å². The highest BCUT2D eigenvalue weighted by atomic mass is 32.1. The molecule has 1 N–H and O–H groups in total. The zero-order valence-electron chi connectivity index (χ0n) is 10.4. The van der Waals surface area contributed by atoms with Crippen molar-refractivity contribution < 1.29 is 0 Å². The van der Waals surface area contributed by atoms with E-state index < -0.39 is 0 Å². The largest absolute Gasteiger partial charge is 0.308 e. The van der Waals surface area contributed by atoms with Crippen LogP contribution in [0.25, 0.3) is 10.7 Å². The molecule has 0 unspecified atom stereocenters. The van der Waals surface area contributed by atoms with Gasteiger partial charge in [0.1, 0.15) is 0 Å². The Hall–Kier alpha value is -1.26. The van der Waals surface area contributed by atoms with Crippen LogP contribution in [0.2, 0.25) is 0 Å². The molecule has 0 amide bonds. The second-order valence-electron chi connectivity index (χ2n) is 5.00. The molecule has 2 aromatic heterocycles. The Morgan fingerprint density at radius 3 is 2.47 bits per heavy atom. The standard InChI is InChI=1S/C13H17N3S/c1-13(2,3)16-9-10-7-14-12(15-8-10)11-5-4-6-17-11/h4-8,16H,9H2,1-3H3. The Bertz CT molecular complexity index is 454. The maximum absolute atomic E-state index is 4.38. The number of hydrogen-bond donors (Lipinski definition) is 1. The lowest BCUT2D eigenvalue weighted by molar-refractivity contribution is 0.423. The van der Waals surface area contributed by atoms with Gasteiger partial charge >= 0.3 is 0 Å². The van der Waals surface area contributed by atoms with Crippen molar-refractivity contribution in [3.8, 4) is 10.7 Å². The normalized spacial score (nSPS) is 11.7. The fourth-order valence-electron chi connectivity index (χ4n) is 1.35. The van der Waals surface area contributed by atoms with Crippen molar-refractivity contribution in [2.24, 2.45) is 0 Å². The molecule has 90 valence electrons. The third-order valence-corrected chi connectivity index (χ3v) is 3.14. The summed E-state index contributed by atoms with van der Waals surface area (Å²) in [6.45, 7) is 7.24. The van der Waals surface area contributed by atoms with Gasteiger partial charge in [0.05, 0.1) is 4.88 Å². The van der Waals surface area contributed by atoms with E-state index in [0.717, 1.165) is 22.8 Å². The molecule has 0 spiro atoms. The van der Waals surface area contributed by atoms with E-state index in [1.54, 1.807) is 11.3 Å². The van der Waals surface area contributed by atoms with Crippen LogP contribution >= 0.6 is 11.3 Å². The van der Waals surface area contributed by atoms with E-state index in [9.17, 15) is 0 Å². The first-order valence-corrected chi connectivity index (χ1v) is 6.52. The van der Waals surface area contributed by atoms with Crippen LogP contribution in [0.5, 0.6) is 0 Å². The minimum atomic E-state index is 0.117. The van der Waals surface area contributed by atoms with Crippen molar-refractivity contribution in [1.82, 2.24) is 15.3 Å². The molecule has 0 aliphatic carbocycles. The summed E-state index contributed by atoms with van der Waals surface area (Å²) in [5, 5.41) is 5.45. The molecule has 2 aromatic rings. The molecule has 17 heavy (non-hydrogen) atoms. The summed E-state index contributed by atoms with van der Waals surface area (Å²) in [6.07, 6.45) is 3.78. The summed E-state index contributed by atoms with van der Waals surface area (Å²) >= 11 is 1.66. The van der Waals surface area contributed by atoms with Crippen molar-refractivity contribution in [3.63, 3.8) is 0 Å². The second kappa shape index (κ2) is 4.94. The number of rotatable bonds is 3. The van der Waals surface area contributed by atoms with E-state index in [2.05, 4.69) is 36.1 Å². The van der Waals surface area contributed by atoms with E-state index in [1.165, 1.54) is 0 Å². The van der Waals surface area contributed by atoms with Gasteiger partial charge in [0.25, 0.3) is 0 Å². The van der Waals surface area contributed by atoms with Gasteiger partial charge in [-0.1, -0.05) is 6.07 Å². The van der Waals surface area contributed by atoms with Crippen LogP contribution in [0.15, 0.2) is 29.9 Å². The molecular weight excluding hydrogens is 230 g/mol. The Morgan fingerprint density at radius 2 is 1.94 bits per heavy atom. The molecule has 3 nitrogen and oxygen atoms in total. The van der Waals surface area contributed by atoms with E-state index in [1.807, 2.05) is 29.9 Å². The molecule has 0 aliphatic rings. The maximum atomic E-state index is 4.38. The molecule has 0 atom stereocenters. The quantitative estimate of drug-likeness (QED) is 0.905. The minimum Gasteiger partial charge on any atom is -0.308 e. The first-order valence-electron chi connectivity index (χ1n) is 5.64. The average molecular weight is 247 g/mol. The van der Waals surface area contributed by atoms with Crippen LogP contribution in [0.1, 0.15) is 26.3 Å². The van der Waals surface area contributed by atoms with E-state index in [0.29, 0.717) is 0 Å². The van der Waals surface area contributed by atoms with E-state index in [-0.39, 0.29) is 5.54 Å². The van der Waals surface area contributed by atoms with Gasteiger partial charge < -0.3 is 5.32 Å². The summed E-state index contributed by atoms with van der Waals surface area (Å²) < 4.78 is 0. The van der Waals surface area contributed by atoms with Gasteiger partial charge in [-0.25, -0.2) is 9.97 Å². The van der Waals surface area contributed by atoms with Gasteiger partial charge in [-0.15, -0.1) is 11.3 Å². The van der Waals surface area contributed by atoms with Crippen LogP contribution in [0.3, 0.4) is 0 Å². The fraction of sp³-hybridized carbons (Fsp3) is 0.385. The first-order chi connectivity index (χ1) is 8.04. The Morgan fingerprint density at radius 1 is 1.24 bits per heavy atom. The molecule has 0 aliphatic heterocycles. The summed E-state index contributed by atoms with van der Waals surface area (Å²) in [4.78, 5) is 9.87. The molecule has 2 heterocycles. The highest BCUT2D eigenvalue weighted by Crippen LogP contribution is 2.20. The van der Waals surface area contributed by atoms with Crippen molar-refractivity contribution in [2.75, 3.05) is 0 Å². The Kier molecular flexibility index (Phi) is 3.54. The van der Waals surface area contributed by atoms with Gasteiger partial charge in [-0.2, -0.15) is 0 Å². The third-order valence-electron chi connectivity index (χ3n) is 2.27. The molecule has 2 rings (SSSR count). The van der Waals surface area contributed by atoms with Crippen molar-refractivity contribution >= 4 is 11.3 Å². The topological polar surface area (TPSA) is 37.8 Å². The monoisotopic (exact) mass is 247 g/mol. The molecule has 0 saturated carbocycles. The number of nitrogens with one attached hydrogen (secondary N) is 1. The van der Waals surface area contributed by atoms with Gasteiger partial charge in [-0.05, 0) is 32.2 Å². The number of aromatic nitrogens is 2. The third kappa shape index (κ3) is 3.61.